The molecule has 0 aliphatic heterocycles. The molecule has 1 atom stereocenters. The molecule has 0 aliphatic carbocycles. The molecule has 0 aliphatic rings. The van der Waals surface area contributed by atoms with Gasteiger partial charge < -0.3 is 0 Å². The Morgan fingerprint density at radius 1 is 0.605 bits per heavy atom. The van der Waals surface area contributed by atoms with Crippen molar-refractivity contribution in [2.24, 2.45) is 0 Å². The second-order valence-corrected chi connectivity index (χ2v) is 10.6. The van der Waals surface area contributed by atoms with Gasteiger partial charge >= 0.3 is 0 Å². The molecule has 0 fully saturated rings. The van der Waals surface area contributed by atoms with Crippen LogP contribution in [0.25, 0.3) is 32.3 Å². The lowest BCUT2D eigenvalue weighted by Gasteiger charge is -2.30. The Kier molecular flexibility index (Phi) is 6.94. The van der Waals surface area contributed by atoms with Gasteiger partial charge in [0.2, 0.25) is 0 Å². The molecule has 0 radical (unpaired) electrons. The fourth-order valence-corrected chi connectivity index (χ4v) is 5.96. The first kappa shape index (κ1) is 26.2. The van der Waals surface area contributed by atoms with E-state index in [0.717, 1.165) is 37.9 Å². The van der Waals surface area contributed by atoms with Gasteiger partial charge in [-0.2, -0.15) is 0 Å². The Morgan fingerprint density at radius 2 is 1.05 bits per heavy atom. The van der Waals surface area contributed by atoms with E-state index in [4.69, 9.17) is 0 Å². The van der Waals surface area contributed by atoms with Crippen molar-refractivity contribution >= 4 is 32.3 Å². The molecular formula is C34H32F4. The second-order valence-electron chi connectivity index (χ2n) is 10.6. The van der Waals surface area contributed by atoms with Crippen molar-refractivity contribution in [1.82, 2.24) is 0 Å². The highest BCUT2D eigenvalue weighted by molar-refractivity contribution is 6.25. The average molecular weight is 517 g/mol. The Bertz CT molecular complexity index is 1600. The van der Waals surface area contributed by atoms with Crippen LogP contribution in [0.3, 0.4) is 0 Å². The van der Waals surface area contributed by atoms with Crippen molar-refractivity contribution in [3.63, 3.8) is 0 Å². The molecule has 0 spiro atoms. The molecule has 196 valence electrons. The van der Waals surface area contributed by atoms with Gasteiger partial charge in [0.05, 0.1) is 0 Å². The molecular weight excluding hydrogens is 484 g/mol. The normalized spacial score (nSPS) is 13.1. The lowest BCUT2D eigenvalue weighted by Crippen LogP contribution is -2.26. The van der Waals surface area contributed by atoms with Gasteiger partial charge in [0, 0.05) is 11.1 Å². The summed E-state index contributed by atoms with van der Waals surface area (Å²) in [5.74, 6) is -5.78. The van der Waals surface area contributed by atoms with Crippen molar-refractivity contribution in [3.05, 3.63) is 107 Å². The van der Waals surface area contributed by atoms with Crippen molar-refractivity contribution in [3.8, 4) is 0 Å². The van der Waals surface area contributed by atoms with Crippen LogP contribution < -0.4 is 0 Å². The number of halogens is 4. The first-order chi connectivity index (χ1) is 18.3. The molecule has 0 N–H and O–H groups in total. The molecule has 0 amide bonds. The predicted octanol–water partition coefficient (Wildman–Crippen LogP) is 10.5. The molecule has 0 saturated carbocycles. The summed E-state index contributed by atoms with van der Waals surface area (Å²) in [5, 5.41) is 6.65. The molecule has 0 bridgehead atoms. The maximum atomic E-state index is 15.5. The van der Waals surface area contributed by atoms with E-state index in [0.29, 0.717) is 19.3 Å². The Morgan fingerprint density at radius 3 is 1.50 bits per heavy atom. The maximum absolute atomic E-state index is 15.5. The molecule has 0 aromatic heterocycles. The summed E-state index contributed by atoms with van der Waals surface area (Å²) in [6.07, 6.45) is 1.33. The first-order valence-electron chi connectivity index (χ1n) is 13.4. The van der Waals surface area contributed by atoms with E-state index in [1.807, 2.05) is 36.4 Å². The van der Waals surface area contributed by atoms with E-state index in [-0.39, 0.29) is 6.42 Å². The fourth-order valence-electron chi connectivity index (χ4n) is 5.96. The molecule has 1 unspecified atom stereocenters. The van der Waals surface area contributed by atoms with E-state index in [1.165, 1.54) is 0 Å². The number of hydrogen-bond donors (Lipinski definition) is 0. The minimum absolute atomic E-state index is 0.262. The van der Waals surface area contributed by atoms with E-state index >= 15 is 17.6 Å². The summed E-state index contributed by atoms with van der Waals surface area (Å²) in [6, 6.07) is 22.5. The molecule has 0 nitrogen and oxygen atoms in total. The van der Waals surface area contributed by atoms with Crippen LogP contribution in [0.1, 0.15) is 69.6 Å². The van der Waals surface area contributed by atoms with Gasteiger partial charge in [-0.25, -0.2) is 17.6 Å². The largest absolute Gasteiger partial charge is 0.203 e. The third-order valence-electron chi connectivity index (χ3n) is 8.65. The Labute approximate surface area is 221 Å². The van der Waals surface area contributed by atoms with Crippen LogP contribution in [0.5, 0.6) is 0 Å². The van der Waals surface area contributed by atoms with Gasteiger partial charge in [0.15, 0.2) is 23.3 Å². The van der Waals surface area contributed by atoms with Crippen molar-refractivity contribution in [2.75, 3.05) is 0 Å². The zero-order valence-electron chi connectivity index (χ0n) is 22.3. The second kappa shape index (κ2) is 10.1. The van der Waals surface area contributed by atoms with Gasteiger partial charge in [-0.1, -0.05) is 94.4 Å². The smallest absolute Gasteiger partial charge is 0.166 e. The summed E-state index contributed by atoms with van der Waals surface area (Å²) in [5.41, 5.74) is -1.11. The molecule has 0 heterocycles. The highest BCUT2D eigenvalue weighted by Gasteiger charge is 2.37. The molecule has 5 aromatic rings. The molecule has 38 heavy (non-hydrogen) atoms. The molecule has 5 aromatic carbocycles. The average Bonchev–Trinajstić information content (AvgIpc) is 2.95. The summed E-state index contributed by atoms with van der Waals surface area (Å²) in [4.78, 5) is 0. The predicted molar refractivity (Wildman–Crippen MR) is 150 cm³/mol. The Balaban J connectivity index is 1.64. The summed E-state index contributed by atoms with van der Waals surface area (Å²) in [7, 11) is 0. The van der Waals surface area contributed by atoms with Gasteiger partial charge in [0.25, 0.3) is 0 Å². The monoisotopic (exact) mass is 516 g/mol. The van der Waals surface area contributed by atoms with Crippen molar-refractivity contribution in [1.29, 1.82) is 0 Å². The van der Waals surface area contributed by atoms with Crippen LogP contribution in [0.4, 0.5) is 17.6 Å². The summed E-state index contributed by atoms with van der Waals surface area (Å²) < 4.78 is 61.7. The van der Waals surface area contributed by atoms with Crippen LogP contribution in [0.15, 0.2) is 66.7 Å². The maximum Gasteiger partial charge on any atom is 0.166 e. The van der Waals surface area contributed by atoms with Crippen LogP contribution >= 0.6 is 0 Å². The van der Waals surface area contributed by atoms with E-state index in [2.05, 4.69) is 30.3 Å². The topological polar surface area (TPSA) is 0 Å². The standard InChI is InChI=1S/C34H32F4/c1-5-21(28-30(35)32(37)29(33(38)31(28)36)34(4,6-2)7-3)18-20-16-17-26-24-14-9-8-12-22(24)23-13-10-11-15-25(23)27(26)19-20/h8-17,19,21H,5-7,18H2,1-4H3. The third-order valence-corrected chi connectivity index (χ3v) is 8.65. The van der Waals surface area contributed by atoms with Gasteiger partial charge in [-0.3, -0.25) is 0 Å². The Hall–Kier alpha value is -3.40. The number of rotatable bonds is 7. The van der Waals surface area contributed by atoms with Crippen LogP contribution in [-0.4, -0.2) is 0 Å². The minimum Gasteiger partial charge on any atom is -0.203 e. The van der Waals surface area contributed by atoms with Crippen molar-refractivity contribution < 1.29 is 17.6 Å². The fraction of sp³-hybridized carbons (Fsp3) is 0.294. The highest BCUT2D eigenvalue weighted by Crippen LogP contribution is 2.41. The highest BCUT2D eigenvalue weighted by atomic mass is 19.2. The number of fused-ring (bicyclic) bond motifs is 6. The van der Waals surface area contributed by atoms with Crippen LogP contribution in [-0.2, 0) is 11.8 Å². The number of benzene rings is 5. The first-order valence-corrected chi connectivity index (χ1v) is 13.4. The van der Waals surface area contributed by atoms with E-state index in [1.54, 1.807) is 27.7 Å². The van der Waals surface area contributed by atoms with Gasteiger partial charge in [0.1, 0.15) is 0 Å². The quantitative estimate of drug-likeness (QED) is 0.115. The summed E-state index contributed by atoms with van der Waals surface area (Å²) >= 11 is 0. The molecule has 4 heteroatoms. The van der Waals surface area contributed by atoms with Crippen LogP contribution in [0.2, 0.25) is 0 Å². The van der Waals surface area contributed by atoms with Crippen LogP contribution in [0, 0.1) is 23.3 Å². The lowest BCUT2D eigenvalue weighted by atomic mass is 9.76. The lowest BCUT2D eigenvalue weighted by molar-refractivity contribution is 0.349. The van der Waals surface area contributed by atoms with Gasteiger partial charge in [-0.05, 0) is 74.9 Å². The summed E-state index contributed by atoms with van der Waals surface area (Å²) in [6.45, 7) is 6.98. The SMILES string of the molecule is CCC(Cc1ccc2c3ccccc3c3ccccc3c2c1)c1c(F)c(F)c(C(C)(CC)CC)c(F)c1F. The number of hydrogen-bond acceptors (Lipinski definition) is 0. The molecule has 5 rings (SSSR count). The van der Waals surface area contributed by atoms with Crippen molar-refractivity contribution in [2.45, 2.75) is 64.7 Å². The zero-order chi connectivity index (χ0) is 27.2. The van der Waals surface area contributed by atoms with E-state index < -0.39 is 45.7 Å². The third kappa shape index (κ3) is 4.05. The molecule has 0 saturated heterocycles. The minimum atomic E-state index is -1.27. The van der Waals surface area contributed by atoms with Gasteiger partial charge in [-0.15, -0.1) is 0 Å². The van der Waals surface area contributed by atoms with E-state index in [9.17, 15) is 0 Å². The zero-order valence-corrected chi connectivity index (χ0v) is 22.3.